The van der Waals surface area contributed by atoms with Crippen LogP contribution in [0.15, 0.2) is 18.2 Å². The summed E-state index contributed by atoms with van der Waals surface area (Å²) in [6, 6.07) is 8.11. The molecular weight excluding hydrogens is 262 g/mol. The van der Waals surface area contributed by atoms with Crippen LogP contribution in [-0.2, 0) is 21.4 Å². The summed E-state index contributed by atoms with van der Waals surface area (Å²) in [4.78, 5) is 12.4. The second-order valence-corrected chi connectivity index (χ2v) is 7.28. The number of benzene rings is 1. The van der Waals surface area contributed by atoms with Crippen molar-refractivity contribution in [3.05, 3.63) is 34.9 Å². The van der Waals surface area contributed by atoms with Gasteiger partial charge >= 0.3 is 5.97 Å². The maximum atomic E-state index is 12.4. The summed E-state index contributed by atoms with van der Waals surface area (Å²) in [5.41, 5.74) is 2.77. The quantitative estimate of drug-likeness (QED) is 0.741. The van der Waals surface area contributed by atoms with Crippen molar-refractivity contribution in [1.29, 1.82) is 5.26 Å². The van der Waals surface area contributed by atoms with E-state index < -0.39 is 5.60 Å². The minimum Gasteiger partial charge on any atom is -0.460 e. The highest BCUT2D eigenvalue weighted by Gasteiger charge is 2.61. The van der Waals surface area contributed by atoms with E-state index in [9.17, 15) is 4.79 Å². The molecule has 3 heteroatoms. The van der Waals surface area contributed by atoms with Crippen molar-refractivity contribution in [2.24, 2.45) is 5.92 Å². The van der Waals surface area contributed by atoms with Gasteiger partial charge in [-0.15, -0.1) is 0 Å². The van der Waals surface area contributed by atoms with Crippen LogP contribution in [0, 0.1) is 17.2 Å². The van der Waals surface area contributed by atoms with Gasteiger partial charge in [-0.25, -0.2) is 0 Å². The standard InChI is InChI=1S/C18H21NO2/c1-17(2,3)21-16(20)15-10-18(15)8-4-5-13-9-12(11-19)6-7-14(13)18/h6-7,9,15H,4-5,8,10H2,1-3H3. The summed E-state index contributed by atoms with van der Waals surface area (Å²) < 4.78 is 5.56. The van der Waals surface area contributed by atoms with Gasteiger partial charge in [-0.1, -0.05) is 6.07 Å². The molecule has 1 spiro atoms. The third kappa shape index (κ3) is 2.44. The van der Waals surface area contributed by atoms with Gasteiger partial charge in [0.1, 0.15) is 5.60 Å². The number of carbonyl (C=O) groups is 1. The maximum absolute atomic E-state index is 12.4. The summed E-state index contributed by atoms with van der Waals surface area (Å²) in [5, 5.41) is 9.03. The van der Waals surface area contributed by atoms with Gasteiger partial charge < -0.3 is 4.74 Å². The Kier molecular flexibility index (Phi) is 3.09. The van der Waals surface area contributed by atoms with Gasteiger partial charge in [0, 0.05) is 5.41 Å². The highest BCUT2D eigenvalue weighted by atomic mass is 16.6. The lowest BCUT2D eigenvalue weighted by atomic mass is 9.78. The van der Waals surface area contributed by atoms with Crippen molar-refractivity contribution in [1.82, 2.24) is 0 Å². The SMILES string of the molecule is CC(C)(C)OC(=O)C1CC12CCCc1cc(C#N)ccc12. The molecule has 2 aliphatic carbocycles. The number of fused-ring (bicyclic) bond motifs is 2. The number of aryl methyl sites for hydroxylation is 1. The van der Waals surface area contributed by atoms with Crippen LogP contribution < -0.4 is 0 Å². The molecular formula is C18H21NO2. The number of esters is 1. The fraction of sp³-hybridized carbons (Fsp3) is 0.556. The average Bonchev–Trinajstić information content (AvgIpc) is 3.12. The van der Waals surface area contributed by atoms with E-state index in [1.54, 1.807) is 0 Å². The molecule has 2 aliphatic rings. The van der Waals surface area contributed by atoms with Crippen molar-refractivity contribution in [2.45, 2.75) is 57.5 Å². The number of nitrogens with zero attached hydrogens (tertiary/aromatic N) is 1. The van der Waals surface area contributed by atoms with Crippen molar-refractivity contribution < 1.29 is 9.53 Å². The first-order valence-electron chi connectivity index (χ1n) is 7.62. The minimum atomic E-state index is -0.428. The average molecular weight is 283 g/mol. The van der Waals surface area contributed by atoms with Crippen LogP contribution in [-0.4, -0.2) is 11.6 Å². The summed E-state index contributed by atoms with van der Waals surface area (Å²) in [6.07, 6.45) is 4.03. The van der Waals surface area contributed by atoms with Crippen LogP contribution in [0.2, 0.25) is 0 Å². The summed E-state index contributed by atoms with van der Waals surface area (Å²) >= 11 is 0. The van der Waals surface area contributed by atoms with E-state index in [4.69, 9.17) is 10.00 Å². The second-order valence-electron chi connectivity index (χ2n) is 7.28. The molecule has 0 saturated heterocycles. The molecule has 0 aromatic heterocycles. The summed E-state index contributed by atoms with van der Waals surface area (Å²) in [6.45, 7) is 5.73. The molecule has 0 radical (unpaired) electrons. The number of carbonyl (C=O) groups excluding carboxylic acids is 1. The fourth-order valence-corrected chi connectivity index (χ4v) is 3.65. The van der Waals surface area contributed by atoms with E-state index in [1.165, 1.54) is 11.1 Å². The Morgan fingerprint density at radius 1 is 1.43 bits per heavy atom. The molecule has 21 heavy (non-hydrogen) atoms. The van der Waals surface area contributed by atoms with Crippen molar-refractivity contribution in [2.75, 3.05) is 0 Å². The molecule has 0 aliphatic heterocycles. The molecule has 3 nitrogen and oxygen atoms in total. The van der Waals surface area contributed by atoms with E-state index in [0.29, 0.717) is 5.56 Å². The smallest absolute Gasteiger partial charge is 0.310 e. The van der Waals surface area contributed by atoms with E-state index in [2.05, 4.69) is 12.1 Å². The number of hydrogen-bond acceptors (Lipinski definition) is 3. The van der Waals surface area contributed by atoms with E-state index in [1.807, 2.05) is 32.9 Å². The van der Waals surface area contributed by atoms with E-state index >= 15 is 0 Å². The first-order chi connectivity index (χ1) is 9.86. The molecule has 1 saturated carbocycles. The normalized spacial score (nSPS) is 26.9. The van der Waals surface area contributed by atoms with E-state index in [-0.39, 0.29) is 17.3 Å². The van der Waals surface area contributed by atoms with Gasteiger partial charge in [-0.2, -0.15) is 5.26 Å². The molecule has 2 atom stereocenters. The van der Waals surface area contributed by atoms with Crippen LogP contribution in [0.3, 0.4) is 0 Å². The van der Waals surface area contributed by atoms with Gasteiger partial charge in [0.2, 0.25) is 0 Å². The predicted octanol–water partition coefficient (Wildman–Crippen LogP) is 3.49. The molecule has 1 fully saturated rings. The lowest BCUT2D eigenvalue weighted by molar-refractivity contribution is -0.157. The zero-order valence-corrected chi connectivity index (χ0v) is 12.9. The lowest BCUT2D eigenvalue weighted by Crippen LogP contribution is -2.28. The van der Waals surface area contributed by atoms with Crippen molar-refractivity contribution in [3.63, 3.8) is 0 Å². The molecule has 0 N–H and O–H groups in total. The van der Waals surface area contributed by atoms with Gasteiger partial charge in [-0.05, 0) is 69.7 Å². The second kappa shape index (κ2) is 4.59. The highest BCUT2D eigenvalue weighted by molar-refractivity contribution is 5.80. The van der Waals surface area contributed by atoms with E-state index in [0.717, 1.165) is 25.7 Å². The predicted molar refractivity (Wildman–Crippen MR) is 79.7 cm³/mol. The lowest BCUT2D eigenvalue weighted by Gasteiger charge is -2.27. The Balaban J connectivity index is 1.87. The molecule has 1 aromatic carbocycles. The number of rotatable bonds is 1. The van der Waals surface area contributed by atoms with Gasteiger partial charge in [0.15, 0.2) is 0 Å². The fourth-order valence-electron chi connectivity index (χ4n) is 3.65. The Bertz CT molecular complexity index is 636. The third-order valence-corrected chi connectivity index (χ3v) is 4.61. The molecule has 3 rings (SSSR count). The topological polar surface area (TPSA) is 50.1 Å². The first kappa shape index (κ1) is 14.1. The zero-order chi connectivity index (χ0) is 15.3. The summed E-state index contributed by atoms with van der Waals surface area (Å²) in [7, 11) is 0. The Morgan fingerprint density at radius 2 is 2.19 bits per heavy atom. The minimum absolute atomic E-state index is 0.0105. The van der Waals surface area contributed by atoms with Crippen molar-refractivity contribution in [3.8, 4) is 6.07 Å². The summed E-state index contributed by atoms with van der Waals surface area (Å²) in [5.74, 6) is -0.0802. The molecule has 0 heterocycles. The molecule has 1 aromatic rings. The van der Waals surface area contributed by atoms with Crippen LogP contribution in [0.4, 0.5) is 0 Å². The van der Waals surface area contributed by atoms with Gasteiger partial charge in [0.25, 0.3) is 0 Å². The first-order valence-corrected chi connectivity index (χ1v) is 7.62. The van der Waals surface area contributed by atoms with Crippen LogP contribution in [0.1, 0.15) is 56.7 Å². The highest BCUT2D eigenvalue weighted by Crippen LogP contribution is 2.61. The Labute approximate surface area is 125 Å². The molecule has 0 amide bonds. The Morgan fingerprint density at radius 3 is 2.86 bits per heavy atom. The largest absolute Gasteiger partial charge is 0.460 e. The number of ether oxygens (including phenoxy) is 1. The third-order valence-electron chi connectivity index (χ3n) is 4.61. The monoisotopic (exact) mass is 283 g/mol. The van der Waals surface area contributed by atoms with Gasteiger partial charge in [-0.3, -0.25) is 4.79 Å². The van der Waals surface area contributed by atoms with Gasteiger partial charge in [0.05, 0.1) is 17.6 Å². The Hall–Kier alpha value is -1.82. The van der Waals surface area contributed by atoms with Crippen LogP contribution >= 0.6 is 0 Å². The zero-order valence-electron chi connectivity index (χ0n) is 12.9. The maximum Gasteiger partial charge on any atom is 0.310 e. The van der Waals surface area contributed by atoms with Crippen molar-refractivity contribution >= 4 is 5.97 Å². The number of hydrogen-bond donors (Lipinski definition) is 0. The van der Waals surface area contributed by atoms with Crippen LogP contribution in [0.25, 0.3) is 0 Å². The molecule has 0 bridgehead atoms. The molecule has 2 unspecified atom stereocenters. The van der Waals surface area contributed by atoms with Crippen LogP contribution in [0.5, 0.6) is 0 Å². The molecule has 110 valence electrons. The number of nitriles is 1.